The molecule has 0 aromatic heterocycles. The Morgan fingerprint density at radius 3 is 2.43 bits per heavy atom. The van der Waals surface area contributed by atoms with Crippen molar-refractivity contribution in [3.05, 3.63) is 23.3 Å². The summed E-state index contributed by atoms with van der Waals surface area (Å²) in [5.41, 5.74) is 4.35. The molecule has 4 aliphatic carbocycles. The van der Waals surface area contributed by atoms with Gasteiger partial charge in [0.25, 0.3) is 0 Å². The zero-order valence-electron chi connectivity index (χ0n) is 20.6. The van der Waals surface area contributed by atoms with Crippen LogP contribution in [0.4, 0.5) is 0 Å². The molecule has 0 aromatic rings. The first kappa shape index (κ1) is 22.6. The molecular weight excluding hydrogens is 364 g/mol. The van der Waals surface area contributed by atoms with Crippen molar-refractivity contribution < 1.29 is 5.11 Å². The fraction of sp³-hybridized carbons (Fsp3) is 0.862. The molecule has 0 radical (unpaired) electrons. The Bertz CT molecular complexity index is 672. The summed E-state index contributed by atoms with van der Waals surface area (Å²) in [4.78, 5) is 0. The quantitative estimate of drug-likeness (QED) is 0.448. The van der Waals surface area contributed by atoms with E-state index in [0.29, 0.717) is 10.8 Å². The molecule has 4 aliphatic rings. The second-order valence-corrected chi connectivity index (χ2v) is 12.0. The summed E-state index contributed by atoms with van der Waals surface area (Å²) >= 11 is 0. The van der Waals surface area contributed by atoms with Crippen LogP contribution >= 0.6 is 0 Å². The van der Waals surface area contributed by atoms with Gasteiger partial charge in [0.2, 0.25) is 0 Å². The largest absolute Gasteiger partial charge is 0.393 e. The Morgan fingerprint density at radius 1 is 0.933 bits per heavy atom. The molecule has 30 heavy (non-hydrogen) atoms. The lowest BCUT2D eigenvalue weighted by molar-refractivity contribution is 0.0110. The molecule has 7 atom stereocenters. The maximum absolute atomic E-state index is 10.3. The molecule has 1 nitrogen and oxygen atoms in total. The van der Waals surface area contributed by atoms with Gasteiger partial charge in [-0.3, -0.25) is 0 Å². The van der Waals surface area contributed by atoms with Crippen molar-refractivity contribution >= 4 is 0 Å². The van der Waals surface area contributed by atoms with E-state index in [1.807, 2.05) is 5.57 Å². The summed E-state index contributed by atoms with van der Waals surface area (Å²) in [6, 6.07) is 0. The SMILES string of the molecule is CCC12CCC(O)CC1=CC=C1C2CCC2(CC)C1CCC2C(C)CCCC(C)C. The lowest BCUT2D eigenvalue weighted by Crippen LogP contribution is -2.48. The molecule has 3 saturated carbocycles. The lowest BCUT2D eigenvalue weighted by atomic mass is 9.48. The summed E-state index contributed by atoms with van der Waals surface area (Å²) in [5, 5.41) is 10.3. The minimum atomic E-state index is -0.105. The fourth-order valence-electron chi connectivity index (χ4n) is 8.90. The minimum Gasteiger partial charge on any atom is -0.393 e. The second-order valence-electron chi connectivity index (χ2n) is 12.0. The van der Waals surface area contributed by atoms with Crippen molar-refractivity contribution in [1.82, 2.24) is 0 Å². The Kier molecular flexibility index (Phi) is 6.61. The number of allylic oxidation sites excluding steroid dienone is 3. The van der Waals surface area contributed by atoms with Gasteiger partial charge in [-0.15, -0.1) is 0 Å². The van der Waals surface area contributed by atoms with E-state index in [4.69, 9.17) is 0 Å². The van der Waals surface area contributed by atoms with Crippen LogP contribution in [0.5, 0.6) is 0 Å². The zero-order valence-corrected chi connectivity index (χ0v) is 20.6. The molecule has 1 heteroatoms. The molecule has 0 saturated heterocycles. The smallest absolute Gasteiger partial charge is 0.0578 e. The van der Waals surface area contributed by atoms with Crippen LogP contribution in [0.15, 0.2) is 23.3 Å². The normalized spacial score (nSPS) is 41.6. The number of fused-ring (bicyclic) bond motifs is 5. The number of hydrogen-bond donors (Lipinski definition) is 1. The van der Waals surface area contributed by atoms with Crippen LogP contribution in [0, 0.1) is 40.4 Å². The predicted octanol–water partition coefficient (Wildman–Crippen LogP) is 8.09. The van der Waals surface area contributed by atoms with E-state index in [9.17, 15) is 5.11 Å². The lowest BCUT2D eigenvalue weighted by Gasteiger charge is -2.57. The van der Waals surface area contributed by atoms with Crippen LogP contribution in [0.2, 0.25) is 0 Å². The van der Waals surface area contributed by atoms with Crippen molar-refractivity contribution in [2.24, 2.45) is 40.4 Å². The van der Waals surface area contributed by atoms with Gasteiger partial charge < -0.3 is 5.11 Å². The summed E-state index contributed by atoms with van der Waals surface area (Å²) < 4.78 is 0. The van der Waals surface area contributed by atoms with E-state index in [0.717, 1.165) is 42.4 Å². The average Bonchev–Trinajstić information content (AvgIpc) is 3.13. The van der Waals surface area contributed by atoms with Gasteiger partial charge in [0.15, 0.2) is 0 Å². The van der Waals surface area contributed by atoms with E-state index in [1.54, 1.807) is 5.57 Å². The van der Waals surface area contributed by atoms with Crippen LogP contribution < -0.4 is 0 Å². The van der Waals surface area contributed by atoms with Crippen molar-refractivity contribution in [3.63, 3.8) is 0 Å². The van der Waals surface area contributed by atoms with Gasteiger partial charge in [-0.05, 0) is 98.2 Å². The molecule has 0 spiro atoms. The van der Waals surface area contributed by atoms with Gasteiger partial charge in [-0.25, -0.2) is 0 Å². The summed E-state index contributed by atoms with van der Waals surface area (Å²) in [6.45, 7) is 12.3. The Labute approximate surface area is 186 Å². The maximum atomic E-state index is 10.3. The highest BCUT2D eigenvalue weighted by Gasteiger charge is 2.58. The monoisotopic (exact) mass is 412 g/mol. The molecule has 4 rings (SSSR count). The van der Waals surface area contributed by atoms with Crippen molar-refractivity contribution in [2.45, 2.75) is 118 Å². The van der Waals surface area contributed by atoms with Gasteiger partial charge in [0.05, 0.1) is 6.10 Å². The first-order valence-electron chi connectivity index (χ1n) is 13.5. The summed E-state index contributed by atoms with van der Waals surface area (Å²) in [7, 11) is 0. The molecular formula is C29H48O. The van der Waals surface area contributed by atoms with Crippen LogP contribution in [0.1, 0.15) is 112 Å². The maximum Gasteiger partial charge on any atom is 0.0578 e. The number of rotatable bonds is 7. The van der Waals surface area contributed by atoms with Gasteiger partial charge in [0, 0.05) is 0 Å². The molecule has 0 bridgehead atoms. The third kappa shape index (κ3) is 3.56. The van der Waals surface area contributed by atoms with Crippen molar-refractivity contribution in [3.8, 4) is 0 Å². The first-order chi connectivity index (χ1) is 14.4. The molecule has 3 fully saturated rings. The van der Waals surface area contributed by atoms with Gasteiger partial charge >= 0.3 is 0 Å². The second kappa shape index (κ2) is 8.76. The first-order valence-corrected chi connectivity index (χ1v) is 13.5. The number of hydrogen-bond acceptors (Lipinski definition) is 1. The highest BCUT2D eigenvalue weighted by molar-refractivity contribution is 5.39. The highest BCUT2D eigenvalue weighted by atomic mass is 16.3. The average molecular weight is 413 g/mol. The van der Waals surface area contributed by atoms with Crippen molar-refractivity contribution in [1.29, 1.82) is 0 Å². The highest BCUT2D eigenvalue weighted by Crippen LogP contribution is 2.68. The molecule has 0 aliphatic heterocycles. The standard InChI is InChI=1S/C29H48O/c1-6-28-17-15-23(30)19-22(28)11-12-24-26-14-13-25(21(5)10-8-9-20(3)4)29(26,7-2)18-16-27(24)28/h11-12,20-21,23,25-27,30H,6-10,13-19H2,1-5H3. The number of aliphatic hydroxyl groups is 1. The molecule has 0 heterocycles. The summed E-state index contributed by atoms with van der Waals surface area (Å²) in [5.74, 6) is 4.24. The predicted molar refractivity (Wildman–Crippen MR) is 128 cm³/mol. The molecule has 1 N–H and O–H groups in total. The Morgan fingerprint density at radius 2 is 1.73 bits per heavy atom. The minimum absolute atomic E-state index is 0.105. The topological polar surface area (TPSA) is 20.2 Å². The van der Waals surface area contributed by atoms with E-state index < -0.39 is 0 Å². The van der Waals surface area contributed by atoms with E-state index in [1.165, 1.54) is 64.2 Å². The van der Waals surface area contributed by atoms with Gasteiger partial charge in [-0.1, -0.05) is 77.2 Å². The summed E-state index contributed by atoms with van der Waals surface area (Å²) in [6.07, 6.45) is 20.7. The van der Waals surface area contributed by atoms with Crippen LogP contribution in [0.25, 0.3) is 0 Å². The Hall–Kier alpha value is -0.560. The third-order valence-corrected chi connectivity index (χ3v) is 10.5. The molecule has 7 unspecified atom stereocenters. The van der Waals surface area contributed by atoms with E-state index >= 15 is 0 Å². The molecule has 0 amide bonds. The number of aliphatic hydroxyl groups excluding tert-OH is 1. The molecule has 0 aromatic carbocycles. The van der Waals surface area contributed by atoms with Gasteiger partial charge in [0.1, 0.15) is 0 Å². The third-order valence-electron chi connectivity index (χ3n) is 10.5. The van der Waals surface area contributed by atoms with Gasteiger partial charge in [-0.2, -0.15) is 0 Å². The zero-order chi connectivity index (χ0) is 21.5. The van der Waals surface area contributed by atoms with Crippen LogP contribution in [0.3, 0.4) is 0 Å². The Balaban J connectivity index is 1.59. The van der Waals surface area contributed by atoms with Crippen LogP contribution in [-0.2, 0) is 0 Å². The van der Waals surface area contributed by atoms with Crippen LogP contribution in [-0.4, -0.2) is 11.2 Å². The van der Waals surface area contributed by atoms with Crippen molar-refractivity contribution in [2.75, 3.05) is 0 Å². The fourth-order valence-corrected chi connectivity index (χ4v) is 8.90. The molecule has 170 valence electrons. The van der Waals surface area contributed by atoms with E-state index in [2.05, 4.69) is 46.8 Å². The van der Waals surface area contributed by atoms with E-state index in [-0.39, 0.29) is 6.10 Å².